The van der Waals surface area contributed by atoms with Gasteiger partial charge in [0.25, 0.3) is 0 Å². The average molecular weight is 214 g/mol. The first-order valence-corrected chi connectivity index (χ1v) is 3.98. The standard InChI is InChI=1S/C8H16FNO2.ClH/c1-4-12-7(11)6(10)5-8(2,3)9;/h6H,4-5,10H2,1-3H3;1H/t6-;/m0./s1. The van der Waals surface area contributed by atoms with E-state index in [2.05, 4.69) is 4.74 Å². The maximum Gasteiger partial charge on any atom is 0.323 e. The number of carbonyl (C=O) groups excluding carboxylic acids is 1. The van der Waals surface area contributed by atoms with Crippen LogP contribution < -0.4 is 5.73 Å². The summed E-state index contributed by atoms with van der Waals surface area (Å²) in [4.78, 5) is 10.9. The molecule has 0 aromatic carbocycles. The van der Waals surface area contributed by atoms with Gasteiger partial charge in [-0.1, -0.05) is 0 Å². The van der Waals surface area contributed by atoms with E-state index >= 15 is 0 Å². The van der Waals surface area contributed by atoms with Crippen LogP contribution in [0.1, 0.15) is 27.2 Å². The van der Waals surface area contributed by atoms with Gasteiger partial charge in [0.15, 0.2) is 0 Å². The summed E-state index contributed by atoms with van der Waals surface area (Å²) >= 11 is 0. The van der Waals surface area contributed by atoms with Crippen LogP contribution in [0.25, 0.3) is 0 Å². The number of nitrogens with two attached hydrogens (primary N) is 1. The van der Waals surface area contributed by atoms with E-state index in [4.69, 9.17) is 5.73 Å². The van der Waals surface area contributed by atoms with Crippen molar-refractivity contribution >= 4 is 18.4 Å². The Bertz CT molecular complexity index is 159. The zero-order chi connectivity index (χ0) is 9.78. The first-order chi connectivity index (χ1) is 5.37. The Hall–Kier alpha value is -0.350. The van der Waals surface area contributed by atoms with Crippen molar-refractivity contribution in [2.24, 2.45) is 5.73 Å². The number of ether oxygens (including phenoxy) is 1. The lowest BCUT2D eigenvalue weighted by atomic mass is 10.0. The molecule has 0 spiro atoms. The van der Waals surface area contributed by atoms with Crippen molar-refractivity contribution in [2.45, 2.75) is 38.9 Å². The van der Waals surface area contributed by atoms with Gasteiger partial charge in [0, 0.05) is 6.42 Å². The fourth-order valence-corrected chi connectivity index (χ4v) is 0.856. The summed E-state index contributed by atoms with van der Waals surface area (Å²) in [6.45, 7) is 4.72. The Morgan fingerprint density at radius 3 is 2.38 bits per heavy atom. The molecule has 13 heavy (non-hydrogen) atoms. The van der Waals surface area contributed by atoms with Crippen LogP contribution in [0.15, 0.2) is 0 Å². The van der Waals surface area contributed by atoms with Gasteiger partial charge in [0.1, 0.15) is 11.7 Å². The van der Waals surface area contributed by atoms with Crippen LogP contribution in [0.2, 0.25) is 0 Å². The molecule has 0 saturated heterocycles. The fourth-order valence-electron chi connectivity index (χ4n) is 0.856. The van der Waals surface area contributed by atoms with Crippen LogP contribution in [0, 0.1) is 0 Å². The summed E-state index contributed by atoms with van der Waals surface area (Å²) in [5.41, 5.74) is 3.95. The molecule has 2 N–H and O–H groups in total. The normalized spacial score (nSPS) is 13.0. The summed E-state index contributed by atoms with van der Waals surface area (Å²) in [6, 6.07) is -0.857. The number of alkyl halides is 1. The Balaban J connectivity index is 0. The highest BCUT2D eigenvalue weighted by molar-refractivity contribution is 5.85. The molecule has 0 rings (SSSR count). The van der Waals surface area contributed by atoms with E-state index in [9.17, 15) is 9.18 Å². The van der Waals surface area contributed by atoms with Crippen LogP contribution in [0.4, 0.5) is 4.39 Å². The maximum atomic E-state index is 13.0. The SMILES string of the molecule is CCOC(=O)[C@@H](N)CC(C)(C)F.Cl. The second-order valence-electron chi connectivity index (χ2n) is 3.28. The van der Waals surface area contributed by atoms with Crippen molar-refractivity contribution < 1.29 is 13.9 Å². The lowest BCUT2D eigenvalue weighted by Gasteiger charge is -2.17. The molecule has 0 bridgehead atoms. The van der Waals surface area contributed by atoms with Crippen molar-refractivity contribution in [1.29, 1.82) is 0 Å². The number of rotatable bonds is 4. The molecule has 0 aliphatic heterocycles. The fraction of sp³-hybridized carbons (Fsp3) is 0.875. The summed E-state index contributed by atoms with van der Waals surface area (Å²) in [6.07, 6.45) is -0.00810. The van der Waals surface area contributed by atoms with E-state index in [-0.39, 0.29) is 25.4 Å². The molecule has 0 amide bonds. The van der Waals surface area contributed by atoms with Gasteiger partial charge in [-0.25, -0.2) is 4.39 Å². The highest BCUT2D eigenvalue weighted by Crippen LogP contribution is 2.15. The molecular formula is C8H17ClFNO2. The van der Waals surface area contributed by atoms with Crippen molar-refractivity contribution in [3.05, 3.63) is 0 Å². The van der Waals surface area contributed by atoms with Crippen molar-refractivity contribution in [1.82, 2.24) is 0 Å². The van der Waals surface area contributed by atoms with E-state index in [1.807, 2.05) is 0 Å². The minimum absolute atomic E-state index is 0. The van der Waals surface area contributed by atoms with Gasteiger partial charge in [-0.15, -0.1) is 12.4 Å². The van der Waals surface area contributed by atoms with E-state index in [1.54, 1.807) is 6.92 Å². The summed E-state index contributed by atoms with van der Waals surface area (Å²) in [5.74, 6) is -0.539. The van der Waals surface area contributed by atoms with Crippen LogP contribution in [0.5, 0.6) is 0 Å². The van der Waals surface area contributed by atoms with E-state index in [0.29, 0.717) is 0 Å². The van der Waals surface area contributed by atoms with Crippen LogP contribution in [-0.4, -0.2) is 24.3 Å². The molecular weight excluding hydrogens is 197 g/mol. The smallest absolute Gasteiger partial charge is 0.323 e. The molecule has 0 heterocycles. The maximum absolute atomic E-state index is 13.0. The largest absolute Gasteiger partial charge is 0.465 e. The Kier molecular flexibility index (Phi) is 7.17. The van der Waals surface area contributed by atoms with Crippen LogP contribution in [-0.2, 0) is 9.53 Å². The molecule has 0 aliphatic carbocycles. The van der Waals surface area contributed by atoms with Crippen molar-refractivity contribution in [2.75, 3.05) is 6.61 Å². The van der Waals surface area contributed by atoms with Gasteiger partial charge in [0.2, 0.25) is 0 Å². The summed E-state index contributed by atoms with van der Waals surface area (Å²) < 4.78 is 17.6. The zero-order valence-electron chi connectivity index (χ0n) is 8.17. The van der Waals surface area contributed by atoms with Crippen molar-refractivity contribution in [3.8, 4) is 0 Å². The highest BCUT2D eigenvalue weighted by atomic mass is 35.5. The minimum atomic E-state index is -1.42. The molecule has 0 aromatic rings. The lowest BCUT2D eigenvalue weighted by molar-refractivity contribution is -0.145. The van der Waals surface area contributed by atoms with Gasteiger partial charge >= 0.3 is 5.97 Å². The lowest BCUT2D eigenvalue weighted by Crippen LogP contribution is -2.37. The topological polar surface area (TPSA) is 52.3 Å². The van der Waals surface area contributed by atoms with Gasteiger partial charge < -0.3 is 10.5 Å². The quantitative estimate of drug-likeness (QED) is 0.719. The van der Waals surface area contributed by atoms with Crippen LogP contribution in [0.3, 0.4) is 0 Å². The van der Waals surface area contributed by atoms with E-state index < -0.39 is 17.7 Å². The van der Waals surface area contributed by atoms with Gasteiger partial charge in [0.05, 0.1) is 6.61 Å². The molecule has 5 heteroatoms. The predicted molar refractivity (Wildman–Crippen MR) is 51.7 cm³/mol. The second-order valence-corrected chi connectivity index (χ2v) is 3.28. The highest BCUT2D eigenvalue weighted by Gasteiger charge is 2.25. The molecule has 0 radical (unpaired) electrons. The van der Waals surface area contributed by atoms with Gasteiger partial charge in [-0.3, -0.25) is 4.79 Å². The van der Waals surface area contributed by atoms with Crippen LogP contribution >= 0.6 is 12.4 Å². The molecule has 0 saturated carbocycles. The third-order valence-electron chi connectivity index (χ3n) is 1.29. The molecule has 3 nitrogen and oxygen atoms in total. The molecule has 0 unspecified atom stereocenters. The first kappa shape index (κ1) is 15.1. The molecule has 0 aliphatic rings. The second kappa shape index (κ2) is 6.16. The third-order valence-corrected chi connectivity index (χ3v) is 1.29. The van der Waals surface area contributed by atoms with E-state index in [0.717, 1.165) is 0 Å². The Morgan fingerprint density at radius 2 is 2.08 bits per heavy atom. The molecule has 80 valence electrons. The predicted octanol–water partition coefficient (Wildman–Crippen LogP) is 1.44. The molecule has 0 fully saturated rings. The minimum Gasteiger partial charge on any atom is -0.465 e. The number of hydrogen-bond acceptors (Lipinski definition) is 3. The third kappa shape index (κ3) is 7.99. The number of halogens is 2. The summed E-state index contributed by atoms with van der Waals surface area (Å²) in [5, 5.41) is 0. The van der Waals surface area contributed by atoms with E-state index in [1.165, 1.54) is 13.8 Å². The van der Waals surface area contributed by atoms with Gasteiger partial charge in [-0.05, 0) is 20.8 Å². The molecule has 1 atom stereocenters. The molecule has 0 aromatic heterocycles. The number of carbonyl (C=O) groups is 1. The average Bonchev–Trinajstić information content (AvgIpc) is 1.84. The van der Waals surface area contributed by atoms with Gasteiger partial charge in [-0.2, -0.15) is 0 Å². The van der Waals surface area contributed by atoms with Crippen molar-refractivity contribution in [3.63, 3.8) is 0 Å². The first-order valence-electron chi connectivity index (χ1n) is 3.98. The number of hydrogen-bond donors (Lipinski definition) is 1. The Morgan fingerprint density at radius 1 is 1.62 bits per heavy atom. The Labute approximate surface area is 84.2 Å². The zero-order valence-corrected chi connectivity index (χ0v) is 8.99. The monoisotopic (exact) mass is 213 g/mol. The number of esters is 1. The summed E-state index contributed by atoms with van der Waals surface area (Å²) in [7, 11) is 0.